The summed E-state index contributed by atoms with van der Waals surface area (Å²) in [6.07, 6.45) is 6.00. The first kappa shape index (κ1) is 17.5. The molecule has 0 amide bonds. The van der Waals surface area contributed by atoms with E-state index in [4.69, 9.17) is 0 Å². The summed E-state index contributed by atoms with van der Waals surface area (Å²) in [4.78, 5) is 0. The van der Waals surface area contributed by atoms with Gasteiger partial charge in [0.2, 0.25) is 0 Å². The maximum atomic E-state index is 3.84. The van der Waals surface area contributed by atoms with E-state index in [2.05, 4.69) is 85.6 Å². The third-order valence-corrected chi connectivity index (χ3v) is 4.09. The van der Waals surface area contributed by atoms with Gasteiger partial charge in [0.25, 0.3) is 0 Å². The van der Waals surface area contributed by atoms with Crippen molar-refractivity contribution < 1.29 is 0 Å². The van der Waals surface area contributed by atoms with Crippen LogP contribution >= 0.6 is 0 Å². The molecule has 0 bridgehead atoms. The lowest BCUT2D eigenvalue weighted by Crippen LogP contribution is -1.96. The predicted octanol–water partition coefficient (Wildman–Crippen LogP) is 6.94. The molecule has 128 valence electrons. The van der Waals surface area contributed by atoms with Crippen LogP contribution in [0.4, 0.5) is 5.69 Å². The van der Waals surface area contributed by atoms with E-state index in [1.807, 2.05) is 36.4 Å². The normalized spacial score (nSPS) is 11.9. The Morgan fingerprint density at radius 1 is 0.808 bits per heavy atom. The molecular weight excluding hydrogens is 314 g/mol. The first-order valence-corrected chi connectivity index (χ1v) is 8.75. The number of anilines is 1. The van der Waals surface area contributed by atoms with Crippen molar-refractivity contribution in [3.05, 3.63) is 121 Å². The van der Waals surface area contributed by atoms with Crippen LogP contribution in [0.3, 0.4) is 0 Å². The van der Waals surface area contributed by atoms with Crippen molar-refractivity contribution in [3.63, 3.8) is 0 Å². The van der Waals surface area contributed by atoms with Gasteiger partial charge in [-0.15, -0.1) is 0 Å². The van der Waals surface area contributed by atoms with Crippen LogP contribution in [0.25, 0.3) is 16.7 Å². The fraction of sp³-hybridized carbons (Fsp3) is 0.0400. The van der Waals surface area contributed by atoms with Gasteiger partial charge < -0.3 is 5.32 Å². The van der Waals surface area contributed by atoms with Crippen LogP contribution in [0.15, 0.2) is 115 Å². The van der Waals surface area contributed by atoms with E-state index >= 15 is 0 Å². The van der Waals surface area contributed by atoms with Crippen LogP contribution in [0.2, 0.25) is 0 Å². The molecule has 0 heterocycles. The first-order chi connectivity index (χ1) is 12.8. The molecule has 0 atom stereocenters. The number of benzene rings is 3. The Morgan fingerprint density at radius 3 is 2.15 bits per heavy atom. The maximum Gasteiger partial charge on any atom is 0.0387 e. The van der Waals surface area contributed by atoms with E-state index in [1.165, 1.54) is 16.7 Å². The summed E-state index contributed by atoms with van der Waals surface area (Å²) in [7, 11) is 0. The Labute approximate surface area is 156 Å². The van der Waals surface area contributed by atoms with E-state index in [9.17, 15) is 0 Å². The fourth-order valence-electron chi connectivity index (χ4n) is 2.89. The summed E-state index contributed by atoms with van der Waals surface area (Å²) in [5.74, 6) is 0. The highest BCUT2D eigenvalue weighted by Crippen LogP contribution is 2.24. The van der Waals surface area contributed by atoms with Crippen molar-refractivity contribution >= 4 is 11.3 Å². The summed E-state index contributed by atoms with van der Waals surface area (Å²) in [6, 6.07) is 29.2. The zero-order chi connectivity index (χ0) is 18.2. The summed E-state index contributed by atoms with van der Waals surface area (Å²) >= 11 is 0. The lowest BCUT2D eigenvalue weighted by molar-refractivity contribution is 1.37. The van der Waals surface area contributed by atoms with Crippen LogP contribution in [0, 0.1) is 0 Å². The molecule has 1 N–H and O–H groups in total. The number of hydrogen-bond acceptors (Lipinski definition) is 1. The Kier molecular flexibility index (Phi) is 5.84. The van der Waals surface area contributed by atoms with E-state index in [1.54, 1.807) is 0 Å². The average Bonchev–Trinajstić information content (AvgIpc) is 2.69. The molecule has 1 heteroatoms. The molecule has 0 fully saturated rings. The molecular formula is C25H23N. The summed E-state index contributed by atoms with van der Waals surface area (Å²) in [5.41, 5.74) is 6.87. The molecule has 3 aromatic rings. The number of rotatable bonds is 6. The summed E-state index contributed by atoms with van der Waals surface area (Å²) < 4.78 is 0. The Bertz CT molecular complexity index is 919. The van der Waals surface area contributed by atoms with Gasteiger partial charge in [-0.1, -0.05) is 91.5 Å². The topological polar surface area (TPSA) is 12.0 Å². The predicted molar refractivity (Wildman–Crippen MR) is 114 cm³/mol. The van der Waals surface area contributed by atoms with Crippen LogP contribution in [0.1, 0.15) is 12.5 Å². The van der Waals surface area contributed by atoms with Crippen LogP contribution in [0.5, 0.6) is 0 Å². The molecule has 26 heavy (non-hydrogen) atoms. The lowest BCUT2D eigenvalue weighted by atomic mass is 10.0. The standard InChI is InChI=1S/C25H23N/c1-3-11-23(21-12-6-4-7-13-21)18-20(2)26-25-17-10-16-24(19-25)22-14-8-5-9-15-22/h3-19,26H,1H2,2H3/b20-18+,23-11+. The largest absolute Gasteiger partial charge is 0.359 e. The minimum atomic E-state index is 1.08. The molecule has 0 spiro atoms. The minimum Gasteiger partial charge on any atom is -0.359 e. The van der Waals surface area contributed by atoms with Gasteiger partial charge in [-0.2, -0.15) is 0 Å². The van der Waals surface area contributed by atoms with E-state index in [0.29, 0.717) is 0 Å². The van der Waals surface area contributed by atoms with Crippen LogP contribution in [-0.2, 0) is 0 Å². The highest BCUT2D eigenvalue weighted by atomic mass is 14.9. The van der Waals surface area contributed by atoms with Gasteiger partial charge >= 0.3 is 0 Å². The zero-order valence-corrected chi connectivity index (χ0v) is 15.0. The minimum absolute atomic E-state index is 1.08. The van der Waals surface area contributed by atoms with Gasteiger partial charge in [-0.25, -0.2) is 0 Å². The number of nitrogens with one attached hydrogen (secondary N) is 1. The summed E-state index contributed by atoms with van der Waals surface area (Å²) in [5, 5.41) is 3.50. The highest BCUT2D eigenvalue weighted by Gasteiger charge is 2.01. The van der Waals surface area contributed by atoms with Gasteiger partial charge in [0.15, 0.2) is 0 Å². The highest BCUT2D eigenvalue weighted by molar-refractivity contribution is 5.77. The SMILES string of the molecule is C=C/C=C(\C=C(/C)Nc1cccc(-c2ccccc2)c1)c1ccccc1. The molecule has 0 saturated carbocycles. The Hall–Kier alpha value is -3.32. The average molecular weight is 337 g/mol. The van der Waals surface area contributed by atoms with Crippen molar-refractivity contribution in [1.29, 1.82) is 0 Å². The van der Waals surface area contributed by atoms with Crippen LogP contribution in [-0.4, -0.2) is 0 Å². The van der Waals surface area contributed by atoms with Gasteiger partial charge in [-0.3, -0.25) is 0 Å². The van der Waals surface area contributed by atoms with Crippen molar-refractivity contribution in [2.45, 2.75) is 6.92 Å². The maximum absolute atomic E-state index is 3.84. The van der Waals surface area contributed by atoms with Gasteiger partial charge in [0, 0.05) is 11.4 Å². The van der Waals surface area contributed by atoms with Crippen molar-refractivity contribution in [2.24, 2.45) is 0 Å². The fourth-order valence-corrected chi connectivity index (χ4v) is 2.89. The van der Waals surface area contributed by atoms with Gasteiger partial charge in [0.1, 0.15) is 0 Å². The molecule has 0 aromatic heterocycles. The molecule has 0 aliphatic carbocycles. The third-order valence-electron chi connectivity index (χ3n) is 4.09. The quantitative estimate of drug-likeness (QED) is 0.480. The molecule has 0 unspecified atom stereocenters. The van der Waals surface area contributed by atoms with Crippen molar-refractivity contribution in [1.82, 2.24) is 0 Å². The Morgan fingerprint density at radius 2 is 1.46 bits per heavy atom. The molecule has 3 rings (SSSR count). The zero-order valence-electron chi connectivity index (χ0n) is 15.0. The number of allylic oxidation sites excluding steroid dienone is 5. The lowest BCUT2D eigenvalue weighted by Gasteiger charge is -2.10. The van der Waals surface area contributed by atoms with Crippen LogP contribution < -0.4 is 5.32 Å². The first-order valence-electron chi connectivity index (χ1n) is 8.75. The smallest absolute Gasteiger partial charge is 0.0387 e. The van der Waals surface area contributed by atoms with E-state index in [0.717, 1.165) is 17.0 Å². The number of hydrogen-bond donors (Lipinski definition) is 1. The second kappa shape index (κ2) is 8.68. The van der Waals surface area contributed by atoms with Gasteiger partial charge in [0.05, 0.1) is 0 Å². The molecule has 0 aliphatic heterocycles. The van der Waals surface area contributed by atoms with Crippen molar-refractivity contribution in [3.8, 4) is 11.1 Å². The van der Waals surface area contributed by atoms with E-state index in [-0.39, 0.29) is 0 Å². The van der Waals surface area contributed by atoms with E-state index < -0.39 is 0 Å². The third kappa shape index (κ3) is 4.61. The molecule has 0 aliphatic rings. The molecule has 0 radical (unpaired) electrons. The summed E-state index contributed by atoms with van der Waals surface area (Å²) in [6.45, 7) is 5.91. The second-order valence-electron chi connectivity index (χ2n) is 6.12. The monoisotopic (exact) mass is 337 g/mol. The molecule has 3 aromatic carbocycles. The Balaban J connectivity index is 1.83. The van der Waals surface area contributed by atoms with Gasteiger partial charge in [-0.05, 0) is 47.4 Å². The second-order valence-corrected chi connectivity index (χ2v) is 6.12. The molecule has 0 saturated heterocycles. The van der Waals surface area contributed by atoms with Crippen molar-refractivity contribution in [2.75, 3.05) is 5.32 Å². The molecule has 1 nitrogen and oxygen atoms in total.